The molecule has 0 aliphatic carbocycles. The summed E-state index contributed by atoms with van der Waals surface area (Å²) in [6, 6.07) is -2.64. The van der Waals surface area contributed by atoms with Gasteiger partial charge in [0.15, 0.2) is 0 Å². The molecule has 1 aromatic rings. The summed E-state index contributed by atoms with van der Waals surface area (Å²) in [5.41, 5.74) is 0. The van der Waals surface area contributed by atoms with E-state index in [0.717, 1.165) is 11.8 Å². The summed E-state index contributed by atoms with van der Waals surface area (Å²) in [5.74, 6) is 0. The molecule has 0 aliphatic heterocycles. The molecule has 0 aliphatic rings. The third kappa shape index (κ3) is 4.22. The highest BCUT2D eigenvalue weighted by Gasteiger charge is 2.37. The maximum atomic E-state index is 12.2. The van der Waals surface area contributed by atoms with E-state index in [-0.39, 0.29) is 6.54 Å². The number of halogens is 3. The highest BCUT2D eigenvalue weighted by Crippen LogP contribution is 2.19. The molecule has 17 heavy (non-hydrogen) atoms. The lowest BCUT2D eigenvalue weighted by Gasteiger charge is -2.22. The summed E-state index contributed by atoms with van der Waals surface area (Å²) in [6.07, 6.45) is -2.86. The molecule has 1 rings (SSSR count). The molecule has 0 fully saturated rings. The minimum Gasteiger partial charge on any atom is -0.326 e. The third-order valence-corrected chi connectivity index (χ3v) is 2.80. The SMILES string of the molecule is C[C@H](NC(=O)N(C)Cc1nccs1)C(F)(F)F. The first-order valence-corrected chi connectivity index (χ1v) is 5.65. The summed E-state index contributed by atoms with van der Waals surface area (Å²) in [7, 11) is 1.42. The molecule has 0 radical (unpaired) electrons. The Morgan fingerprint density at radius 2 is 2.29 bits per heavy atom. The molecular formula is C9H12F3N3OS. The fraction of sp³-hybridized carbons (Fsp3) is 0.556. The van der Waals surface area contributed by atoms with Crippen molar-refractivity contribution in [1.82, 2.24) is 15.2 Å². The van der Waals surface area contributed by atoms with E-state index in [1.807, 2.05) is 5.32 Å². The fourth-order valence-electron chi connectivity index (χ4n) is 0.983. The molecule has 2 amide bonds. The Bertz CT molecular complexity index is 366. The Balaban J connectivity index is 2.48. The Labute approximate surface area is 100 Å². The number of nitrogens with one attached hydrogen (secondary N) is 1. The number of alkyl halides is 3. The van der Waals surface area contributed by atoms with Gasteiger partial charge in [-0.3, -0.25) is 0 Å². The van der Waals surface area contributed by atoms with Crippen LogP contribution < -0.4 is 5.32 Å². The molecule has 96 valence electrons. The molecule has 4 nitrogen and oxygen atoms in total. The Morgan fingerprint density at radius 3 is 2.76 bits per heavy atom. The highest BCUT2D eigenvalue weighted by atomic mass is 32.1. The zero-order valence-electron chi connectivity index (χ0n) is 9.28. The number of rotatable bonds is 3. The lowest BCUT2D eigenvalue weighted by molar-refractivity contribution is -0.149. The van der Waals surface area contributed by atoms with Crippen molar-refractivity contribution in [2.45, 2.75) is 25.7 Å². The van der Waals surface area contributed by atoms with Gasteiger partial charge in [0.1, 0.15) is 11.0 Å². The first-order chi connectivity index (χ1) is 7.80. The first-order valence-electron chi connectivity index (χ1n) is 4.77. The third-order valence-electron chi connectivity index (χ3n) is 2.03. The second kappa shape index (κ2) is 5.35. The van der Waals surface area contributed by atoms with Crippen molar-refractivity contribution in [2.75, 3.05) is 7.05 Å². The van der Waals surface area contributed by atoms with Crippen LogP contribution in [-0.4, -0.2) is 35.2 Å². The summed E-state index contributed by atoms with van der Waals surface area (Å²) in [6.45, 7) is 1.09. The molecule has 1 aromatic heterocycles. The number of nitrogens with zero attached hydrogens (tertiary/aromatic N) is 2. The van der Waals surface area contributed by atoms with Crippen molar-refractivity contribution >= 4 is 17.4 Å². The largest absolute Gasteiger partial charge is 0.408 e. The van der Waals surface area contributed by atoms with E-state index in [2.05, 4.69) is 4.98 Å². The van der Waals surface area contributed by atoms with Crippen LogP contribution in [-0.2, 0) is 6.54 Å². The van der Waals surface area contributed by atoms with Crippen LogP contribution in [0.25, 0.3) is 0 Å². The van der Waals surface area contributed by atoms with Crippen LogP contribution in [0, 0.1) is 0 Å². The van der Waals surface area contributed by atoms with Gasteiger partial charge in [-0.1, -0.05) is 0 Å². The van der Waals surface area contributed by atoms with Crippen LogP contribution in [0.3, 0.4) is 0 Å². The number of amides is 2. The molecule has 0 saturated carbocycles. The average Bonchev–Trinajstić information content (AvgIpc) is 2.68. The van der Waals surface area contributed by atoms with Crippen LogP contribution in [0.4, 0.5) is 18.0 Å². The van der Waals surface area contributed by atoms with Crippen LogP contribution in [0.2, 0.25) is 0 Å². The molecule has 0 aromatic carbocycles. The van der Waals surface area contributed by atoms with Gasteiger partial charge in [0.05, 0.1) is 6.54 Å². The maximum Gasteiger partial charge on any atom is 0.408 e. The lowest BCUT2D eigenvalue weighted by Crippen LogP contribution is -2.47. The fourth-order valence-corrected chi connectivity index (χ4v) is 1.65. The van der Waals surface area contributed by atoms with Crippen LogP contribution in [0.5, 0.6) is 0 Å². The summed E-state index contributed by atoms with van der Waals surface area (Å²) < 4.78 is 36.6. The highest BCUT2D eigenvalue weighted by molar-refractivity contribution is 7.09. The minimum absolute atomic E-state index is 0.189. The van der Waals surface area contributed by atoms with E-state index in [0.29, 0.717) is 5.01 Å². The number of hydrogen-bond donors (Lipinski definition) is 1. The van der Waals surface area contributed by atoms with E-state index in [4.69, 9.17) is 0 Å². The Hall–Kier alpha value is -1.31. The van der Waals surface area contributed by atoms with E-state index in [9.17, 15) is 18.0 Å². The van der Waals surface area contributed by atoms with Crippen molar-refractivity contribution in [3.05, 3.63) is 16.6 Å². The zero-order chi connectivity index (χ0) is 13.1. The number of aromatic nitrogens is 1. The van der Waals surface area contributed by atoms with Gasteiger partial charge in [-0.15, -0.1) is 11.3 Å². The standard InChI is InChI=1S/C9H12F3N3OS/c1-6(9(10,11)12)14-8(16)15(2)5-7-13-3-4-17-7/h3-4,6H,5H2,1-2H3,(H,14,16)/t6-/m0/s1. The van der Waals surface area contributed by atoms with E-state index >= 15 is 0 Å². The van der Waals surface area contributed by atoms with E-state index in [1.165, 1.54) is 18.4 Å². The second-order valence-corrected chi connectivity index (χ2v) is 4.47. The van der Waals surface area contributed by atoms with Gasteiger partial charge in [-0.2, -0.15) is 13.2 Å². The zero-order valence-corrected chi connectivity index (χ0v) is 10.1. The number of carbonyl (C=O) groups excluding carboxylic acids is 1. The molecular weight excluding hydrogens is 255 g/mol. The average molecular weight is 267 g/mol. The minimum atomic E-state index is -4.43. The van der Waals surface area contributed by atoms with Gasteiger partial charge >= 0.3 is 12.2 Å². The van der Waals surface area contributed by atoms with E-state index < -0.39 is 18.2 Å². The van der Waals surface area contributed by atoms with Crippen molar-refractivity contribution in [2.24, 2.45) is 0 Å². The molecule has 0 bridgehead atoms. The topological polar surface area (TPSA) is 45.2 Å². The van der Waals surface area contributed by atoms with Crippen molar-refractivity contribution in [3.8, 4) is 0 Å². The Kier molecular flexibility index (Phi) is 4.33. The number of thiazole rings is 1. The van der Waals surface area contributed by atoms with Crippen LogP contribution in [0.1, 0.15) is 11.9 Å². The Morgan fingerprint density at radius 1 is 1.65 bits per heavy atom. The second-order valence-electron chi connectivity index (χ2n) is 3.49. The van der Waals surface area contributed by atoms with Gasteiger partial charge in [0.2, 0.25) is 0 Å². The quantitative estimate of drug-likeness (QED) is 0.912. The molecule has 0 unspecified atom stereocenters. The first kappa shape index (κ1) is 13.8. The van der Waals surface area contributed by atoms with Crippen LogP contribution >= 0.6 is 11.3 Å². The van der Waals surface area contributed by atoms with Crippen LogP contribution in [0.15, 0.2) is 11.6 Å². The summed E-state index contributed by atoms with van der Waals surface area (Å²) in [4.78, 5) is 16.5. The van der Waals surface area contributed by atoms with Gasteiger partial charge in [-0.25, -0.2) is 9.78 Å². The lowest BCUT2D eigenvalue weighted by atomic mass is 10.3. The smallest absolute Gasteiger partial charge is 0.326 e. The summed E-state index contributed by atoms with van der Waals surface area (Å²) >= 11 is 1.34. The maximum absolute atomic E-state index is 12.2. The predicted octanol–water partition coefficient (Wildman–Crippen LogP) is 2.24. The van der Waals surface area contributed by atoms with Gasteiger partial charge in [0.25, 0.3) is 0 Å². The van der Waals surface area contributed by atoms with Gasteiger partial charge in [0, 0.05) is 18.6 Å². The number of urea groups is 1. The van der Waals surface area contributed by atoms with Crippen molar-refractivity contribution in [1.29, 1.82) is 0 Å². The summed E-state index contributed by atoms with van der Waals surface area (Å²) in [5, 5.41) is 4.28. The molecule has 0 spiro atoms. The number of carbonyl (C=O) groups is 1. The van der Waals surface area contributed by atoms with E-state index in [1.54, 1.807) is 11.6 Å². The normalized spacial score (nSPS) is 13.2. The molecule has 0 saturated heterocycles. The molecule has 8 heteroatoms. The van der Waals surface area contributed by atoms with Crippen molar-refractivity contribution in [3.63, 3.8) is 0 Å². The monoisotopic (exact) mass is 267 g/mol. The van der Waals surface area contributed by atoms with Gasteiger partial charge < -0.3 is 10.2 Å². The van der Waals surface area contributed by atoms with Crippen molar-refractivity contribution < 1.29 is 18.0 Å². The predicted molar refractivity (Wildman–Crippen MR) is 57.6 cm³/mol. The number of hydrogen-bond acceptors (Lipinski definition) is 3. The molecule has 1 N–H and O–H groups in total. The van der Waals surface area contributed by atoms with Gasteiger partial charge in [-0.05, 0) is 6.92 Å². The molecule has 1 heterocycles. The molecule has 1 atom stereocenters.